The van der Waals surface area contributed by atoms with Gasteiger partial charge in [0.2, 0.25) is 11.8 Å². The topological polar surface area (TPSA) is 240 Å². The second kappa shape index (κ2) is 29.9. The summed E-state index contributed by atoms with van der Waals surface area (Å²) in [5.74, 6) is -0.557. The standard InChI is InChI=1S/C36H34FN5O3.C35H32FN5O4/c1-23(43)29-14-16-34-35(19-29)42(22-31(45-3)21-39-24(2)44)36(41-34)18-25-7-11-28(12-8-25)33-6-4-5-30(40-33)15-13-27-10-9-26(20-38)17-32(27)37;1-22(42)38-20-29(45-2)21-41-33-18-27(35(43)44)13-15-32(33)40-34(41)17-23-6-10-26(11-7-23)31-5-3-4-28(39-31)14-12-25-9-8-24(19-37)16-30(25)36/h4-12,14,16-17,19,31H,13,15,18,21-22H2,1-3H3,(H,39,44);3-11,13,15-16,18,29H,12,14,17,20-21H2,1-2H3,(H,38,42)(H,43,44)/t31-;29-/m10/s1. The SMILES string of the molecule is CO[C@@H](CNC(C)=O)Cn1c(Cc2ccc(-c3cccc(CCc4ccc(C#N)cc4F)n3)cc2)nc2ccc(C(=O)O)cc21.CO[C@H](CNC(C)=O)Cn1c(Cc2ccc(-c3cccc(CCc4ccc(C#N)cc4F)n3)cc2)nc2ccc(C(C)=O)cc21. The van der Waals surface area contributed by atoms with Crippen molar-refractivity contribution in [1.29, 1.82) is 10.5 Å². The molecule has 4 heterocycles. The molecule has 10 rings (SSSR count). The molecular formula is C71H66F2N10O7. The lowest BCUT2D eigenvalue weighted by atomic mass is 10.0. The van der Waals surface area contributed by atoms with Gasteiger partial charge in [0.15, 0.2) is 5.78 Å². The fourth-order valence-corrected chi connectivity index (χ4v) is 10.4. The summed E-state index contributed by atoms with van der Waals surface area (Å²) in [6.07, 6.45) is 2.46. The van der Waals surface area contributed by atoms with E-state index in [1.54, 1.807) is 63.6 Å². The minimum atomic E-state index is -1.03. The van der Waals surface area contributed by atoms with Crippen molar-refractivity contribution < 1.29 is 42.5 Å². The van der Waals surface area contributed by atoms with Crippen molar-refractivity contribution in [3.05, 3.63) is 237 Å². The highest BCUT2D eigenvalue weighted by Crippen LogP contribution is 2.27. The number of ketones is 1. The van der Waals surface area contributed by atoms with Gasteiger partial charge in [-0.15, -0.1) is 0 Å². The van der Waals surface area contributed by atoms with Crippen LogP contribution in [0.15, 0.2) is 158 Å². The second-order valence-electron chi connectivity index (χ2n) is 21.7. The van der Waals surface area contributed by atoms with Crippen molar-refractivity contribution in [2.24, 2.45) is 0 Å². The molecule has 0 bridgehead atoms. The molecule has 6 aromatic carbocycles. The van der Waals surface area contributed by atoms with Crippen LogP contribution in [0.2, 0.25) is 0 Å². The number of methoxy groups -OCH3 is 2. The average Bonchev–Trinajstić information content (AvgIpc) is 1.78. The summed E-state index contributed by atoms with van der Waals surface area (Å²) in [7, 11) is 3.18. The number of halogens is 2. The quantitative estimate of drug-likeness (QED) is 0.0478. The first kappa shape index (κ1) is 63.9. The first-order chi connectivity index (χ1) is 43.5. The molecule has 0 saturated carbocycles. The maximum atomic E-state index is 14.3. The van der Waals surface area contributed by atoms with E-state index in [2.05, 4.69) is 15.2 Å². The number of benzene rings is 6. The van der Waals surface area contributed by atoms with E-state index in [1.165, 1.54) is 32.0 Å². The molecule has 0 aliphatic carbocycles. The van der Waals surface area contributed by atoms with Crippen LogP contribution in [0.3, 0.4) is 0 Å². The Kier molecular flexibility index (Phi) is 21.2. The van der Waals surface area contributed by atoms with Gasteiger partial charge in [-0.2, -0.15) is 10.5 Å². The number of rotatable bonds is 24. The number of aromatic nitrogens is 6. The fraction of sp³-hybridized carbons (Fsp3) is 0.239. The molecule has 0 saturated heterocycles. The highest BCUT2D eigenvalue weighted by molar-refractivity contribution is 5.97. The molecule has 0 aliphatic heterocycles. The highest BCUT2D eigenvalue weighted by Gasteiger charge is 2.21. The molecule has 456 valence electrons. The molecule has 0 aliphatic rings. The van der Waals surface area contributed by atoms with Gasteiger partial charge in [-0.1, -0.05) is 72.8 Å². The number of aryl methyl sites for hydroxylation is 4. The summed E-state index contributed by atoms with van der Waals surface area (Å²) >= 11 is 0. The molecule has 0 fully saturated rings. The van der Waals surface area contributed by atoms with Crippen LogP contribution in [0.5, 0.6) is 0 Å². The molecule has 0 spiro atoms. The summed E-state index contributed by atoms with van der Waals surface area (Å²) in [5, 5.41) is 33.1. The normalized spacial score (nSPS) is 11.7. The summed E-state index contributed by atoms with van der Waals surface area (Å²) in [5.41, 5.74) is 12.7. The minimum absolute atomic E-state index is 0.0255. The molecule has 17 nitrogen and oxygen atoms in total. The minimum Gasteiger partial charge on any atom is -0.478 e. The third-order valence-electron chi connectivity index (χ3n) is 15.4. The lowest BCUT2D eigenvalue weighted by Gasteiger charge is -2.19. The number of carbonyl (C=O) groups excluding carboxylic acids is 3. The maximum absolute atomic E-state index is 14.3. The Labute approximate surface area is 519 Å². The number of ether oxygens (including phenoxy) is 2. The fourth-order valence-electron chi connectivity index (χ4n) is 10.4. The zero-order valence-electron chi connectivity index (χ0n) is 50.5. The number of nitrogens with one attached hydrogen (secondary N) is 2. The third-order valence-corrected chi connectivity index (χ3v) is 15.4. The van der Waals surface area contributed by atoms with Gasteiger partial charge in [0.05, 0.1) is 87.6 Å². The zero-order valence-corrected chi connectivity index (χ0v) is 50.5. The van der Waals surface area contributed by atoms with Gasteiger partial charge in [0.25, 0.3) is 0 Å². The van der Waals surface area contributed by atoms with E-state index in [1.807, 2.05) is 114 Å². The highest BCUT2D eigenvalue weighted by atomic mass is 19.1. The molecule has 2 amide bonds. The number of nitriles is 2. The largest absolute Gasteiger partial charge is 0.478 e. The molecule has 3 N–H and O–H groups in total. The molecule has 0 radical (unpaired) electrons. The number of carboxylic acids is 1. The van der Waals surface area contributed by atoms with E-state index in [0.717, 1.165) is 67.7 Å². The predicted molar refractivity (Wildman–Crippen MR) is 337 cm³/mol. The van der Waals surface area contributed by atoms with Crippen LogP contribution in [0, 0.1) is 34.3 Å². The van der Waals surface area contributed by atoms with Gasteiger partial charge in [-0.05, 0) is 140 Å². The zero-order chi connectivity index (χ0) is 63.8. The Hall–Kier alpha value is -10.6. The van der Waals surface area contributed by atoms with Crippen molar-refractivity contribution in [3.63, 3.8) is 0 Å². The van der Waals surface area contributed by atoms with Gasteiger partial charge in [-0.3, -0.25) is 24.4 Å². The van der Waals surface area contributed by atoms with Crippen LogP contribution in [-0.2, 0) is 70.7 Å². The van der Waals surface area contributed by atoms with E-state index in [-0.39, 0.29) is 47.0 Å². The van der Waals surface area contributed by atoms with E-state index in [0.29, 0.717) is 104 Å². The van der Waals surface area contributed by atoms with E-state index in [9.17, 15) is 33.1 Å². The number of aromatic carboxylic acids is 1. The number of hydrogen-bond acceptors (Lipinski definition) is 12. The molecule has 2 atom stereocenters. The molecule has 0 unspecified atom stereocenters. The third kappa shape index (κ3) is 16.5. The number of imidazole rings is 2. The molecule has 10 aromatic rings. The maximum Gasteiger partial charge on any atom is 0.335 e. The number of carboxylic acid groups (broad SMARTS) is 1. The number of fused-ring (bicyclic) bond motifs is 2. The van der Waals surface area contributed by atoms with Gasteiger partial charge in [0.1, 0.15) is 23.3 Å². The summed E-state index contributed by atoms with van der Waals surface area (Å²) in [4.78, 5) is 66.2. The van der Waals surface area contributed by atoms with Crippen LogP contribution >= 0.6 is 0 Å². The summed E-state index contributed by atoms with van der Waals surface area (Å²) in [6.45, 7) is 5.92. The molecular weight excluding hydrogens is 1140 g/mol. The first-order valence-corrected chi connectivity index (χ1v) is 29.2. The second-order valence-corrected chi connectivity index (χ2v) is 21.7. The predicted octanol–water partition coefficient (Wildman–Crippen LogP) is 11.2. The number of pyridine rings is 2. The van der Waals surface area contributed by atoms with Crippen molar-refractivity contribution in [2.45, 2.75) is 84.6 Å². The van der Waals surface area contributed by atoms with Crippen molar-refractivity contribution in [1.82, 2.24) is 39.7 Å². The molecule has 90 heavy (non-hydrogen) atoms. The van der Waals surface area contributed by atoms with Crippen molar-refractivity contribution in [3.8, 4) is 34.7 Å². The Balaban J connectivity index is 0.000000213. The molecule has 4 aromatic heterocycles. The van der Waals surface area contributed by atoms with Crippen LogP contribution in [-0.4, -0.2) is 97.3 Å². The van der Waals surface area contributed by atoms with Gasteiger partial charge in [0, 0.05) is 82.1 Å². The Morgan fingerprint density at radius 2 is 0.956 bits per heavy atom. The van der Waals surface area contributed by atoms with Crippen LogP contribution in [0.25, 0.3) is 44.6 Å². The van der Waals surface area contributed by atoms with Gasteiger partial charge in [-0.25, -0.2) is 23.5 Å². The van der Waals surface area contributed by atoms with Crippen molar-refractivity contribution in [2.75, 3.05) is 27.3 Å². The van der Waals surface area contributed by atoms with Crippen LogP contribution < -0.4 is 10.6 Å². The lowest BCUT2D eigenvalue weighted by Crippen LogP contribution is -2.34. The number of Topliss-reactive ketones (excluding diaryl/α,β-unsaturated/α-hetero) is 1. The number of hydrogen-bond donors (Lipinski definition) is 3. The summed E-state index contributed by atoms with van der Waals surface area (Å²) < 4.78 is 44.0. The van der Waals surface area contributed by atoms with E-state index in [4.69, 9.17) is 39.9 Å². The Bertz CT molecular complexity index is 4060. The lowest BCUT2D eigenvalue weighted by molar-refractivity contribution is -0.120. The van der Waals surface area contributed by atoms with E-state index < -0.39 is 5.97 Å². The molecule has 19 heteroatoms. The summed E-state index contributed by atoms with van der Waals surface area (Å²) in [6, 6.07) is 51.1. The number of nitrogens with zero attached hydrogens (tertiary/aromatic N) is 8. The van der Waals surface area contributed by atoms with Gasteiger partial charge >= 0.3 is 5.97 Å². The first-order valence-electron chi connectivity index (χ1n) is 29.2. The van der Waals surface area contributed by atoms with E-state index >= 15 is 0 Å². The number of amides is 2. The number of carbonyl (C=O) groups is 4. The van der Waals surface area contributed by atoms with Crippen molar-refractivity contribution >= 4 is 45.6 Å². The Morgan fingerprint density at radius 1 is 0.533 bits per heavy atom. The van der Waals surface area contributed by atoms with Crippen LogP contribution in [0.1, 0.15) is 97.9 Å². The van der Waals surface area contributed by atoms with Gasteiger partial charge < -0.3 is 34.3 Å². The Morgan fingerprint density at radius 3 is 1.33 bits per heavy atom. The monoisotopic (exact) mass is 1210 g/mol. The smallest absolute Gasteiger partial charge is 0.335 e. The van der Waals surface area contributed by atoms with Crippen LogP contribution in [0.4, 0.5) is 8.78 Å². The average molecular weight is 1210 g/mol.